The molecule has 3 aromatic rings. The van der Waals surface area contributed by atoms with E-state index in [0.29, 0.717) is 6.54 Å². The van der Waals surface area contributed by atoms with E-state index < -0.39 is 0 Å². The van der Waals surface area contributed by atoms with Crippen LogP contribution in [0.4, 0.5) is 4.79 Å². The molecule has 0 saturated carbocycles. The lowest BCUT2D eigenvalue weighted by molar-refractivity contribution is 0.182. The molecule has 0 unspecified atom stereocenters. The van der Waals surface area contributed by atoms with E-state index in [4.69, 9.17) is 4.52 Å². The van der Waals surface area contributed by atoms with Crippen LogP contribution >= 0.6 is 11.3 Å². The average Bonchev–Trinajstić information content (AvgIpc) is 3.37. The lowest BCUT2D eigenvalue weighted by Crippen LogP contribution is -2.39. The second-order valence-corrected chi connectivity index (χ2v) is 7.08. The van der Waals surface area contributed by atoms with Crippen molar-refractivity contribution in [1.29, 1.82) is 0 Å². The van der Waals surface area contributed by atoms with Gasteiger partial charge in [0.1, 0.15) is 0 Å². The Balaban J connectivity index is 1.43. The molecule has 3 aromatic heterocycles. The Morgan fingerprint density at radius 3 is 3.24 bits per heavy atom. The van der Waals surface area contributed by atoms with Crippen LogP contribution in [0, 0.1) is 6.92 Å². The molecule has 2 amide bonds. The summed E-state index contributed by atoms with van der Waals surface area (Å²) in [6.07, 6.45) is 3.62. The summed E-state index contributed by atoms with van der Waals surface area (Å²) in [5, 5.41) is 16.1. The molecular formula is C17H19N5O2S. The molecule has 0 radical (unpaired) electrons. The number of nitrogens with zero attached hydrogens (tertiary/aromatic N) is 3. The molecule has 8 heteroatoms. The Morgan fingerprint density at radius 2 is 2.48 bits per heavy atom. The number of aryl methyl sites for hydroxylation is 1. The highest BCUT2D eigenvalue weighted by Gasteiger charge is 2.32. The van der Waals surface area contributed by atoms with Gasteiger partial charge in [-0.15, -0.1) is 11.3 Å². The van der Waals surface area contributed by atoms with Crippen LogP contribution in [-0.2, 0) is 6.54 Å². The summed E-state index contributed by atoms with van der Waals surface area (Å²) in [6.45, 7) is 3.04. The Bertz CT molecular complexity index is 854. The van der Waals surface area contributed by atoms with Gasteiger partial charge < -0.3 is 14.7 Å². The number of hydrogen-bond donors (Lipinski definition) is 2. The zero-order valence-corrected chi connectivity index (χ0v) is 14.7. The molecule has 4 heterocycles. The third kappa shape index (κ3) is 3.17. The monoisotopic (exact) mass is 357 g/mol. The molecule has 1 atom stereocenters. The van der Waals surface area contributed by atoms with Gasteiger partial charge in [-0.2, -0.15) is 5.10 Å². The topological polar surface area (TPSA) is 87.0 Å². The summed E-state index contributed by atoms with van der Waals surface area (Å²) in [7, 11) is 0. The van der Waals surface area contributed by atoms with Gasteiger partial charge in [-0.1, -0.05) is 11.2 Å². The fourth-order valence-electron chi connectivity index (χ4n) is 3.20. The van der Waals surface area contributed by atoms with Gasteiger partial charge in [0.2, 0.25) is 0 Å². The van der Waals surface area contributed by atoms with Gasteiger partial charge in [0, 0.05) is 24.7 Å². The van der Waals surface area contributed by atoms with E-state index >= 15 is 0 Å². The maximum atomic E-state index is 12.7. The third-order valence-electron chi connectivity index (χ3n) is 4.40. The number of carbonyl (C=O) groups excluding carboxylic acids is 1. The number of nitrogens with one attached hydrogen (secondary N) is 2. The van der Waals surface area contributed by atoms with E-state index in [1.807, 2.05) is 35.4 Å². The normalized spacial score (nSPS) is 17.2. The number of urea groups is 1. The van der Waals surface area contributed by atoms with Gasteiger partial charge in [0.25, 0.3) is 0 Å². The van der Waals surface area contributed by atoms with Gasteiger partial charge in [-0.3, -0.25) is 5.10 Å². The molecule has 1 saturated heterocycles. The Morgan fingerprint density at radius 1 is 1.56 bits per heavy atom. The largest absolute Gasteiger partial charge is 0.359 e. The molecule has 0 aliphatic carbocycles. The first-order valence-corrected chi connectivity index (χ1v) is 9.14. The average molecular weight is 357 g/mol. The maximum Gasteiger partial charge on any atom is 0.318 e. The second-order valence-electron chi connectivity index (χ2n) is 6.13. The Kier molecular flexibility index (Phi) is 4.27. The highest BCUT2D eigenvalue weighted by molar-refractivity contribution is 7.13. The lowest BCUT2D eigenvalue weighted by atomic mass is 10.1. The molecular weight excluding hydrogens is 338 g/mol. The van der Waals surface area contributed by atoms with Crippen LogP contribution in [0.3, 0.4) is 0 Å². The summed E-state index contributed by atoms with van der Waals surface area (Å²) in [6, 6.07) is 5.81. The highest BCUT2D eigenvalue weighted by Crippen LogP contribution is 2.32. The van der Waals surface area contributed by atoms with Gasteiger partial charge in [0.05, 0.1) is 28.5 Å². The molecule has 4 rings (SSSR count). The van der Waals surface area contributed by atoms with Crippen molar-refractivity contribution in [1.82, 2.24) is 25.6 Å². The number of rotatable bonds is 4. The number of amides is 2. The van der Waals surface area contributed by atoms with Gasteiger partial charge in [-0.25, -0.2) is 4.79 Å². The second kappa shape index (κ2) is 6.72. The van der Waals surface area contributed by atoms with E-state index in [1.54, 1.807) is 17.5 Å². The van der Waals surface area contributed by atoms with Gasteiger partial charge in [-0.05, 0) is 31.2 Å². The molecule has 25 heavy (non-hydrogen) atoms. The van der Waals surface area contributed by atoms with Crippen LogP contribution in [0.1, 0.15) is 35.9 Å². The van der Waals surface area contributed by atoms with Gasteiger partial charge in [0.15, 0.2) is 5.76 Å². The first-order valence-electron chi connectivity index (χ1n) is 8.26. The van der Waals surface area contributed by atoms with Crippen molar-refractivity contribution in [3.05, 3.63) is 46.8 Å². The maximum absolute atomic E-state index is 12.7. The van der Waals surface area contributed by atoms with Crippen LogP contribution in [0.15, 0.2) is 34.3 Å². The van der Waals surface area contributed by atoms with E-state index in [1.165, 1.54) is 0 Å². The first kappa shape index (κ1) is 15.9. The zero-order chi connectivity index (χ0) is 17.2. The summed E-state index contributed by atoms with van der Waals surface area (Å²) in [5.41, 5.74) is 2.77. The van der Waals surface area contributed by atoms with Crippen LogP contribution in [0.5, 0.6) is 0 Å². The summed E-state index contributed by atoms with van der Waals surface area (Å²) in [4.78, 5) is 15.6. The Labute approximate surface area is 149 Å². The molecule has 1 aliphatic rings. The Hall–Kier alpha value is -2.61. The number of aromatic nitrogens is 3. The molecule has 7 nitrogen and oxygen atoms in total. The molecule has 0 bridgehead atoms. The van der Waals surface area contributed by atoms with Crippen LogP contribution < -0.4 is 5.32 Å². The van der Waals surface area contributed by atoms with Crippen molar-refractivity contribution in [3.63, 3.8) is 0 Å². The number of H-pyrrole nitrogens is 1. The van der Waals surface area contributed by atoms with Crippen molar-refractivity contribution in [3.8, 4) is 10.6 Å². The van der Waals surface area contributed by atoms with Crippen molar-refractivity contribution in [2.75, 3.05) is 6.54 Å². The summed E-state index contributed by atoms with van der Waals surface area (Å²) >= 11 is 1.64. The van der Waals surface area contributed by atoms with Gasteiger partial charge >= 0.3 is 6.03 Å². The number of carbonyl (C=O) groups is 1. The van der Waals surface area contributed by atoms with Crippen LogP contribution in [-0.4, -0.2) is 32.8 Å². The summed E-state index contributed by atoms with van der Waals surface area (Å²) < 4.78 is 5.36. The third-order valence-corrected chi connectivity index (χ3v) is 5.29. The number of hydrogen-bond acceptors (Lipinski definition) is 5. The highest BCUT2D eigenvalue weighted by atomic mass is 32.1. The molecule has 1 aliphatic heterocycles. The minimum absolute atomic E-state index is 0.0395. The number of thiophene rings is 1. The summed E-state index contributed by atoms with van der Waals surface area (Å²) in [5.74, 6) is 0.757. The van der Waals surface area contributed by atoms with Crippen LogP contribution in [0.25, 0.3) is 10.6 Å². The van der Waals surface area contributed by atoms with E-state index in [0.717, 1.165) is 47.0 Å². The van der Waals surface area contributed by atoms with Crippen molar-refractivity contribution in [2.24, 2.45) is 0 Å². The number of likely N-dealkylation sites (tertiary alicyclic amines) is 1. The SMILES string of the molecule is Cc1cc([C@@H]2CCCN2C(=O)NCc2cn[nH]c2-c2cccs2)on1. The first-order chi connectivity index (χ1) is 12.2. The molecule has 130 valence electrons. The molecule has 1 fully saturated rings. The zero-order valence-electron chi connectivity index (χ0n) is 13.9. The minimum Gasteiger partial charge on any atom is -0.359 e. The standard InChI is InChI=1S/C17H19N5O2S/c1-11-8-14(24-21-11)13-4-2-6-22(13)17(23)18-9-12-10-19-20-16(12)15-5-3-7-25-15/h3,5,7-8,10,13H,2,4,6,9H2,1H3,(H,18,23)(H,19,20)/t13-/m0/s1. The fraction of sp³-hybridized carbons (Fsp3) is 0.353. The predicted molar refractivity (Wildman–Crippen MR) is 94.1 cm³/mol. The lowest BCUT2D eigenvalue weighted by Gasteiger charge is -2.23. The molecule has 2 N–H and O–H groups in total. The quantitative estimate of drug-likeness (QED) is 0.748. The van der Waals surface area contributed by atoms with E-state index in [9.17, 15) is 4.79 Å². The van der Waals surface area contributed by atoms with Crippen molar-refractivity contribution < 1.29 is 9.32 Å². The van der Waals surface area contributed by atoms with E-state index in [2.05, 4.69) is 20.7 Å². The minimum atomic E-state index is -0.0881. The predicted octanol–water partition coefficient (Wildman–Crippen LogP) is 3.48. The molecule has 0 aromatic carbocycles. The smallest absolute Gasteiger partial charge is 0.318 e. The van der Waals surface area contributed by atoms with E-state index in [-0.39, 0.29) is 12.1 Å². The van der Waals surface area contributed by atoms with Crippen molar-refractivity contribution >= 4 is 17.4 Å². The van der Waals surface area contributed by atoms with Crippen LogP contribution in [0.2, 0.25) is 0 Å². The fourth-order valence-corrected chi connectivity index (χ4v) is 3.95. The molecule has 0 spiro atoms. The number of aromatic amines is 1. The van der Waals surface area contributed by atoms with Crippen molar-refractivity contribution in [2.45, 2.75) is 32.4 Å².